The SMILES string of the molecule is Cc1cc(F)cc2n[nH]c(Cl)c12. The number of benzene rings is 1. The van der Waals surface area contributed by atoms with E-state index in [4.69, 9.17) is 11.6 Å². The number of halogens is 2. The molecule has 1 aromatic carbocycles. The van der Waals surface area contributed by atoms with Crippen molar-refractivity contribution in [3.8, 4) is 0 Å². The highest BCUT2D eigenvalue weighted by Crippen LogP contribution is 2.24. The lowest BCUT2D eigenvalue weighted by Gasteiger charge is -1.94. The van der Waals surface area contributed by atoms with Crippen LogP contribution in [0, 0.1) is 12.7 Å². The normalized spacial score (nSPS) is 10.9. The van der Waals surface area contributed by atoms with Crippen molar-refractivity contribution < 1.29 is 4.39 Å². The summed E-state index contributed by atoms with van der Waals surface area (Å²) in [5, 5.41) is 7.69. The van der Waals surface area contributed by atoms with Crippen molar-refractivity contribution in [3.63, 3.8) is 0 Å². The second-order valence-electron chi connectivity index (χ2n) is 2.65. The van der Waals surface area contributed by atoms with Gasteiger partial charge in [0, 0.05) is 11.5 Å². The second kappa shape index (κ2) is 2.45. The highest BCUT2D eigenvalue weighted by atomic mass is 35.5. The molecule has 0 aliphatic carbocycles. The van der Waals surface area contributed by atoms with Crippen LogP contribution in [0.15, 0.2) is 12.1 Å². The maximum Gasteiger partial charge on any atom is 0.132 e. The van der Waals surface area contributed by atoms with Crippen molar-refractivity contribution in [2.45, 2.75) is 6.92 Å². The first-order chi connectivity index (χ1) is 5.68. The number of H-pyrrole nitrogens is 1. The molecule has 0 radical (unpaired) electrons. The predicted octanol–water partition coefficient (Wildman–Crippen LogP) is 2.66. The van der Waals surface area contributed by atoms with Gasteiger partial charge in [0.1, 0.15) is 11.0 Å². The standard InChI is InChI=1S/C8H6ClFN2/c1-4-2-5(10)3-6-7(4)8(9)12-11-6/h2-3H,1H3,(H,11,12). The third-order valence-electron chi connectivity index (χ3n) is 1.77. The zero-order valence-corrected chi connectivity index (χ0v) is 7.11. The van der Waals surface area contributed by atoms with E-state index >= 15 is 0 Å². The first kappa shape index (κ1) is 7.55. The summed E-state index contributed by atoms with van der Waals surface area (Å²) < 4.78 is 12.8. The number of hydrogen-bond acceptors (Lipinski definition) is 1. The maximum atomic E-state index is 12.8. The summed E-state index contributed by atoms with van der Waals surface area (Å²) in [6.45, 7) is 1.80. The van der Waals surface area contributed by atoms with Crippen molar-refractivity contribution in [2.24, 2.45) is 0 Å². The van der Waals surface area contributed by atoms with Gasteiger partial charge >= 0.3 is 0 Å². The van der Waals surface area contributed by atoms with Gasteiger partial charge in [-0.3, -0.25) is 5.10 Å². The van der Waals surface area contributed by atoms with E-state index in [-0.39, 0.29) is 5.82 Å². The molecule has 2 nitrogen and oxygen atoms in total. The molecule has 1 aromatic heterocycles. The topological polar surface area (TPSA) is 28.7 Å². The van der Waals surface area contributed by atoms with E-state index in [1.165, 1.54) is 12.1 Å². The van der Waals surface area contributed by atoms with Crippen LogP contribution in [0.25, 0.3) is 10.9 Å². The summed E-state index contributed by atoms with van der Waals surface area (Å²) in [5.41, 5.74) is 1.36. The average Bonchev–Trinajstić information content (AvgIpc) is 2.31. The van der Waals surface area contributed by atoms with Crippen LogP contribution in [0.5, 0.6) is 0 Å². The molecule has 0 amide bonds. The van der Waals surface area contributed by atoms with Gasteiger partial charge in [-0.05, 0) is 18.6 Å². The van der Waals surface area contributed by atoms with Gasteiger partial charge in [-0.15, -0.1) is 0 Å². The Hall–Kier alpha value is -1.09. The molecule has 1 heterocycles. The van der Waals surface area contributed by atoms with Crippen LogP contribution >= 0.6 is 11.6 Å². The van der Waals surface area contributed by atoms with Crippen molar-refractivity contribution in [1.82, 2.24) is 10.2 Å². The van der Waals surface area contributed by atoms with Crippen LogP contribution in [0.4, 0.5) is 4.39 Å². The van der Waals surface area contributed by atoms with E-state index in [0.717, 1.165) is 10.9 Å². The molecule has 0 spiro atoms. The summed E-state index contributed by atoms with van der Waals surface area (Å²) >= 11 is 5.79. The Kier molecular flexibility index (Phi) is 1.54. The Balaban J connectivity index is 2.93. The molecule has 0 fully saturated rings. The van der Waals surface area contributed by atoms with Gasteiger partial charge in [0.2, 0.25) is 0 Å². The molecule has 0 atom stereocenters. The number of aromatic amines is 1. The third-order valence-corrected chi connectivity index (χ3v) is 2.05. The lowest BCUT2D eigenvalue weighted by atomic mass is 10.1. The van der Waals surface area contributed by atoms with Crippen molar-refractivity contribution in [2.75, 3.05) is 0 Å². The molecule has 0 saturated carbocycles. The fourth-order valence-electron chi connectivity index (χ4n) is 1.26. The molecule has 2 rings (SSSR count). The van der Waals surface area contributed by atoms with E-state index in [1.807, 2.05) is 0 Å². The Labute approximate surface area is 73.3 Å². The first-order valence-corrected chi connectivity index (χ1v) is 3.86. The molecule has 2 aromatic rings. The largest absolute Gasteiger partial charge is 0.266 e. The number of fused-ring (bicyclic) bond motifs is 1. The van der Waals surface area contributed by atoms with Gasteiger partial charge in [0.25, 0.3) is 0 Å². The van der Waals surface area contributed by atoms with Crippen LogP contribution < -0.4 is 0 Å². The molecule has 12 heavy (non-hydrogen) atoms. The Morgan fingerprint density at radius 1 is 1.50 bits per heavy atom. The second-order valence-corrected chi connectivity index (χ2v) is 3.03. The molecular weight excluding hydrogens is 179 g/mol. The van der Waals surface area contributed by atoms with Crippen LogP contribution in [0.2, 0.25) is 5.15 Å². The third kappa shape index (κ3) is 0.975. The van der Waals surface area contributed by atoms with E-state index in [1.54, 1.807) is 6.92 Å². The summed E-state index contributed by atoms with van der Waals surface area (Å²) in [6, 6.07) is 2.79. The number of aromatic nitrogens is 2. The molecule has 0 unspecified atom stereocenters. The molecule has 0 saturated heterocycles. The van der Waals surface area contributed by atoms with Gasteiger partial charge in [-0.2, -0.15) is 5.10 Å². The number of hydrogen-bond donors (Lipinski definition) is 1. The van der Waals surface area contributed by atoms with Gasteiger partial charge < -0.3 is 0 Å². The molecule has 0 aliphatic rings. The number of rotatable bonds is 0. The van der Waals surface area contributed by atoms with Crippen molar-refractivity contribution in [1.29, 1.82) is 0 Å². The Morgan fingerprint density at radius 3 is 3.00 bits per heavy atom. The molecule has 1 N–H and O–H groups in total. The fraction of sp³-hybridized carbons (Fsp3) is 0.125. The lowest BCUT2D eigenvalue weighted by Crippen LogP contribution is -1.79. The highest BCUT2D eigenvalue weighted by molar-refractivity contribution is 6.34. The quantitative estimate of drug-likeness (QED) is 0.670. The minimum absolute atomic E-state index is 0.289. The van der Waals surface area contributed by atoms with Gasteiger partial charge in [0.15, 0.2) is 0 Å². The number of nitrogens with zero attached hydrogens (tertiary/aromatic N) is 1. The first-order valence-electron chi connectivity index (χ1n) is 3.48. The Bertz CT molecular complexity index is 436. The average molecular weight is 185 g/mol. The molecule has 0 bridgehead atoms. The van der Waals surface area contributed by atoms with E-state index in [0.29, 0.717) is 10.7 Å². The summed E-state index contributed by atoms with van der Waals surface area (Å²) in [7, 11) is 0. The summed E-state index contributed by atoms with van der Waals surface area (Å²) in [5.74, 6) is -0.289. The van der Waals surface area contributed by atoms with Crippen molar-refractivity contribution >= 4 is 22.5 Å². The monoisotopic (exact) mass is 184 g/mol. The minimum atomic E-state index is -0.289. The van der Waals surface area contributed by atoms with Gasteiger partial charge in [-0.25, -0.2) is 4.39 Å². The van der Waals surface area contributed by atoms with Gasteiger partial charge in [0.05, 0.1) is 5.52 Å². The predicted molar refractivity (Wildman–Crippen MR) is 45.8 cm³/mol. The fourth-order valence-corrected chi connectivity index (χ4v) is 1.55. The molecular formula is C8H6ClFN2. The Morgan fingerprint density at radius 2 is 2.25 bits per heavy atom. The molecule has 4 heteroatoms. The summed E-state index contributed by atoms with van der Waals surface area (Å²) in [4.78, 5) is 0. The molecule has 0 aliphatic heterocycles. The van der Waals surface area contributed by atoms with Crippen LogP contribution in [-0.4, -0.2) is 10.2 Å². The van der Waals surface area contributed by atoms with Crippen LogP contribution in [-0.2, 0) is 0 Å². The minimum Gasteiger partial charge on any atom is -0.266 e. The summed E-state index contributed by atoms with van der Waals surface area (Å²) in [6.07, 6.45) is 0. The highest BCUT2D eigenvalue weighted by Gasteiger charge is 2.06. The van der Waals surface area contributed by atoms with Gasteiger partial charge in [-0.1, -0.05) is 11.6 Å². The van der Waals surface area contributed by atoms with Crippen molar-refractivity contribution in [3.05, 3.63) is 28.7 Å². The smallest absolute Gasteiger partial charge is 0.132 e. The van der Waals surface area contributed by atoms with Crippen LogP contribution in [0.1, 0.15) is 5.56 Å². The lowest BCUT2D eigenvalue weighted by molar-refractivity contribution is 0.628. The van der Waals surface area contributed by atoms with E-state index in [2.05, 4.69) is 10.2 Å². The zero-order chi connectivity index (χ0) is 8.72. The van der Waals surface area contributed by atoms with E-state index < -0.39 is 0 Å². The molecule has 62 valence electrons. The van der Waals surface area contributed by atoms with E-state index in [9.17, 15) is 4.39 Å². The zero-order valence-electron chi connectivity index (χ0n) is 6.36. The number of nitrogens with one attached hydrogen (secondary N) is 1. The maximum absolute atomic E-state index is 12.8. The number of aryl methyl sites for hydroxylation is 1. The van der Waals surface area contributed by atoms with Crippen LogP contribution in [0.3, 0.4) is 0 Å².